The van der Waals surface area contributed by atoms with Gasteiger partial charge in [0, 0.05) is 22.1 Å². The molecule has 1 amide bonds. The molecule has 1 aromatic rings. The van der Waals surface area contributed by atoms with Gasteiger partial charge in [-0.15, -0.1) is 12.4 Å². The van der Waals surface area contributed by atoms with Gasteiger partial charge in [0.2, 0.25) is 0 Å². The molecule has 0 saturated carbocycles. The lowest BCUT2D eigenvalue weighted by Gasteiger charge is -2.30. The summed E-state index contributed by atoms with van der Waals surface area (Å²) in [6.45, 7) is 3.03. The van der Waals surface area contributed by atoms with E-state index in [2.05, 4.69) is 26.6 Å². The van der Waals surface area contributed by atoms with Gasteiger partial charge in [-0.2, -0.15) is 0 Å². The van der Waals surface area contributed by atoms with Crippen LogP contribution in [0.15, 0.2) is 22.7 Å². The lowest BCUT2D eigenvalue weighted by atomic mass is 9.99. The first-order valence-corrected chi connectivity index (χ1v) is 6.86. The first-order chi connectivity index (χ1) is 8.56. The van der Waals surface area contributed by atoms with Crippen LogP contribution in [-0.2, 0) is 0 Å². The second-order valence-electron chi connectivity index (χ2n) is 4.62. The predicted octanol–water partition coefficient (Wildman–Crippen LogP) is 2.88. The fraction of sp³-hybridized carbons (Fsp3) is 0.462. The molecule has 2 atom stereocenters. The number of benzene rings is 1. The Labute approximate surface area is 126 Å². The Morgan fingerprint density at radius 3 is 2.84 bits per heavy atom. The number of hydrogen-bond acceptors (Lipinski definition) is 2. The van der Waals surface area contributed by atoms with Crippen LogP contribution in [0.4, 0.5) is 4.39 Å². The maximum absolute atomic E-state index is 13.2. The minimum absolute atomic E-state index is 0. The number of rotatable bonds is 2. The molecule has 0 aliphatic carbocycles. The molecule has 19 heavy (non-hydrogen) atoms. The number of hydrogen-bond donors (Lipinski definition) is 2. The maximum Gasteiger partial charge on any atom is 0.251 e. The molecule has 1 fully saturated rings. The highest BCUT2D eigenvalue weighted by Gasteiger charge is 2.23. The highest BCUT2D eigenvalue weighted by molar-refractivity contribution is 9.10. The third kappa shape index (κ3) is 4.44. The Balaban J connectivity index is 0.00000180. The Hall–Kier alpha value is -0.650. The molecule has 2 unspecified atom stereocenters. The lowest BCUT2D eigenvalue weighted by molar-refractivity contribution is 0.0919. The Kier molecular flexibility index (Phi) is 6.23. The molecule has 1 aromatic carbocycles. The Morgan fingerprint density at radius 2 is 2.21 bits per heavy atom. The van der Waals surface area contributed by atoms with E-state index in [4.69, 9.17) is 0 Å². The molecule has 106 valence electrons. The second kappa shape index (κ2) is 7.22. The van der Waals surface area contributed by atoms with Gasteiger partial charge in [-0.3, -0.25) is 4.79 Å². The molecule has 2 N–H and O–H groups in total. The summed E-state index contributed by atoms with van der Waals surface area (Å²) in [4.78, 5) is 12.0. The van der Waals surface area contributed by atoms with E-state index in [1.54, 1.807) is 6.07 Å². The average Bonchev–Trinajstić information content (AvgIpc) is 2.31. The molecule has 2 rings (SSSR count). The Bertz CT molecular complexity index is 438. The summed E-state index contributed by atoms with van der Waals surface area (Å²) in [6, 6.07) is 4.56. The topological polar surface area (TPSA) is 41.1 Å². The van der Waals surface area contributed by atoms with Crippen molar-refractivity contribution in [3.63, 3.8) is 0 Å². The third-order valence-electron chi connectivity index (χ3n) is 3.20. The van der Waals surface area contributed by atoms with Gasteiger partial charge < -0.3 is 10.6 Å². The maximum atomic E-state index is 13.2. The fourth-order valence-electron chi connectivity index (χ4n) is 2.18. The van der Waals surface area contributed by atoms with Crippen molar-refractivity contribution in [2.24, 2.45) is 0 Å². The van der Waals surface area contributed by atoms with Gasteiger partial charge in [0.1, 0.15) is 5.82 Å². The van der Waals surface area contributed by atoms with Gasteiger partial charge in [-0.1, -0.05) is 15.9 Å². The summed E-state index contributed by atoms with van der Waals surface area (Å²) in [5.41, 5.74) is 0.347. The standard InChI is InChI=1S/C13H16BrFN2O.ClH/c1-8-12(3-2-4-16-8)17-13(18)9-5-10(14)7-11(15)6-9;/h5-8,12,16H,2-4H2,1H3,(H,17,18);1H. The minimum atomic E-state index is -0.413. The van der Waals surface area contributed by atoms with Crippen LogP contribution in [0.2, 0.25) is 0 Å². The SMILES string of the molecule is CC1NCCCC1NC(=O)c1cc(F)cc(Br)c1.Cl. The highest BCUT2D eigenvalue weighted by atomic mass is 79.9. The molecular weight excluding hydrogens is 335 g/mol. The van der Waals surface area contributed by atoms with E-state index < -0.39 is 5.82 Å². The molecule has 0 bridgehead atoms. The van der Waals surface area contributed by atoms with Crippen molar-refractivity contribution in [1.82, 2.24) is 10.6 Å². The number of amides is 1. The summed E-state index contributed by atoms with van der Waals surface area (Å²) < 4.78 is 13.8. The lowest BCUT2D eigenvalue weighted by Crippen LogP contribution is -2.51. The predicted molar refractivity (Wildman–Crippen MR) is 79.3 cm³/mol. The number of piperidine rings is 1. The summed E-state index contributed by atoms with van der Waals surface area (Å²) in [5, 5.41) is 6.26. The third-order valence-corrected chi connectivity index (χ3v) is 3.66. The fourth-order valence-corrected chi connectivity index (χ4v) is 2.64. The summed E-state index contributed by atoms with van der Waals surface area (Å²) in [7, 11) is 0. The smallest absolute Gasteiger partial charge is 0.251 e. The number of nitrogens with one attached hydrogen (secondary N) is 2. The van der Waals surface area contributed by atoms with Gasteiger partial charge in [0.05, 0.1) is 0 Å². The van der Waals surface area contributed by atoms with Gasteiger partial charge in [0.25, 0.3) is 5.91 Å². The zero-order valence-corrected chi connectivity index (χ0v) is 13.0. The van der Waals surface area contributed by atoms with Crippen LogP contribution >= 0.6 is 28.3 Å². The van der Waals surface area contributed by atoms with Crippen LogP contribution < -0.4 is 10.6 Å². The van der Waals surface area contributed by atoms with Crippen LogP contribution in [-0.4, -0.2) is 24.5 Å². The molecule has 0 radical (unpaired) electrons. The van der Waals surface area contributed by atoms with Crippen LogP contribution in [0.1, 0.15) is 30.1 Å². The number of carbonyl (C=O) groups excluding carboxylic acids is 1. The van der Waals surface area contributed by atoms with Crippen molar-refractivity contribution in [2.75, 3.05) is 6.54 Å². The molecule has 1 aliphatic rings. The second-order valence-corrected chi connectivity index (χ2v) is 5.54. The van der Waals surface area contributed by atoms with E-state index in [-0.39, 0.29) is 30.4 Å². The summed E-state index contributed by atoms with van der Waals surface area (Å²) >= 11 is 3.19. The van der Waals surface area contributed by atoms with Gasteiger partial charge in [-0.05, 0) is 44.5 Å². The van der Waals surface area contributed by atoms with E-state index in [9.17, 15) is 9.18 Å². The summed E-state index contributed by atoms with van der Waals surface area (Å²) in [5.74, 6) is -0.639. The van der Waals surface area contributed by atoms with Gasteiger partial charge in [-0.25, -0.2) is 4.39 Å². The monoisotopic (exact) mass is 350 g/mol. The van der Waals surface area contributed by atoms with Crippen molar-refractivity contribution in [3.8, 4) is 0 Å². The molecule has 0 spiro atoms. The first-order valence-electron chi connectivity index (χ1n) is 6.06. The molecule has 3 nitrogen and oxygen atoms in total. The normalized spacial score (nSPS) is 22.5. The first kappa shape index (κ1) is 16.4. The zero-order chi connectivity index (χ0) is 13.1. The van der Waals surface area contributed by atoms with Crippen LogP contribution in [0.25, 0.3) is 0 Å². The Morgan fingerprint density at radius 1 is 1.47 bits per heavy atom. The average molecular weight is 352 g/mol. The van der Waals surface area contributed by atoms with Crippen molar-refractivity contribution >= 4 is 34.2 Å². The van der Waals surface area contributed by atoms with Crippen molar-refractivity contribution in [3.05, 3.63) is 34.1 Å². The minimum Gasteiger partial charge on any atom is -0.348 e. The van der Waals surface area contributed by atoms with E-state index in [1.807, 2.05) is 6.92 Å². The molecule has 1 saturated heterocycles. The van der Waals surface area contributed by atoms with Crippen molar-refractivity contribution in [1.29, 1.82) is 0 Å². The molecule has 1 heterocycles. The highest BCUT2D eigenvalue weighted by Crippen LogP contribution is 2.16. The van der Waals surface area contributed by atoms with E-state index in [0.29, 0.717) is 10.0 Å². The van der Waals surface area contributed by atoms with Crippen molar-refractivity contribution in [2.45, 2.75) is 31.8 Å². The van der Waals surface area contributed by atoms with Gasteiger partial charge >= 0.3 is 0 Å². The summed E-state index contributed by atoms with van der Waals surface area (Å²) in [6.07, 6.45) is 2.00. The zero-order valence-electron chi connectivity index (χ0n) is 10.6. The van der Waals surface area contributed by atoms with Crippen molar-refractivity contribution < 1.29 is 9.18 Å². The quantitative estimate of drug-likeness (QED) is 0.860. The molecule has 0 aromatic heterocycles. The van der Waals surface area contributed by atoms with Crippen LogP contribution in [0.5, 0.6) is 0 Å². The molecule has 6 heteroatoms. The van der Waals surface area contributed by atoms with E-state index >= 15 is 0 Å². The van der Waals surface area contributed by atoms with E-state index in [0.717, 1.165) is 19.4 Å². The number of halogens is 3. The van der Waals surface area contributed by atoms with E-state index in [1.165, 1.54) is 12.1 Å². The molecular formula is C13H17BrClFN2O. The van der Waals surface area contributed by atoms with Crippen LogP contribution in [0, 0.1) is 5.82 Å². The molecule has 1 aliphatic heterocycles. The van der Waals surface area contributed by atoms with Crippen LogP contribution in [0.3, 0.4) is 0 Å². The number of carbonyl (C=O) groups is 1. The largest absolute Gasteiger partial charge is 0.348 e. The van der Waals surface area contributed by atoms with Gasteiger partial charge in [0.15, 0.2) is 0 Å².